The number of sulfonamides is 1. The van der Waals surface area contributed by atoms with E-state index in [-0.39, 0.29) is 22.8 Å². The summed E-state index contributed by atoms with van der Waals surface area (Å²) in [7, 11) is -4.17. The molecule has 1 saturated carbocycles. The van der Waals surface area contributed by atoms with Crippen LogP contribution in [0, 0.1) is 5.82 Å². The highest BCUT2D eigenvalue weighted by Gasteiger charge is 2.49. The summed E-state index contributed by atoms with van der Waals surface area (Å²) in [6.45, 7) is 1.26. The first-order valence-electron chi connectivity index (χ1n) is 11.1. The van der Waals surface area contributed by atoms with E-state index in [1.54, 1.807) is 0 Å². The fraction of sp³-hybridized carbons (Fsp3) is 0.375. The number of anilines is 1. The number of carbonyl (C=O) groups excluding carboxylic acids is 3. The molecule has 180 valence electrons. The van der Waals surface area contributed by atoms with Gasteiger partial charge in [-0.2, -0.15) is 4.31 Å². The molecule has 2 aromatic rings. The Balaban J connectivity index is 1.68. The fourth-order valence-corrected chi connectivity index (χ4v) is 6.42. The molecule has 1 aliphatic heterocycles. The number of benzene rings is 2. The quantitative estimate of drug-likeness (QED) is 0.351. The average Bonchev–Trinajstić information content (AvgIpc) is 3.08. The number of nitrogens with zero attached hydrogens (tertiary/aromatic N) is 2. The van der Waals surface area contributed by atoms with Gasteiger partial charge < -0.3 is 4.74 Å². The lowest BCUT2D eigenvalue weighted by atomic mass is 9.94. The average molecular weight is 489 g/mol. The van der Waals surface area contributed by atoms with Crippen LogP contribution in [-0.4, -0.2) is 42.6 Å². The van der Waals surface area contributed by atoms with Crippen LogP contribution in [0.3, 0.4) is 0 Å². The lowest BCUT2D eigenvalue weighted by molar-refractivity contribution is -0.132. The van der Waals surface area contributed by atoms with Gasteiger partial charge in [0.2, 0.25) is 15.9 Å². The highest BCUT2D eigenvalue weighted by atomic mass is 32.2. The maximum atomic E-state index is 13.6. The summed E-state index contributed by atoms with van der Waals surface area (Å²) in [6, 6.07) is 8.69. The minimum atomic E-state index is -4.17. The second-order valence-corrected chi connectivity index (χ2v) is 10.3. The molecule has 2 amide bonds. The fourth-order valence-electron chi connectivity index (χ4n) is 4.60. The Hall–Kier alpha value is -3.11. The van der Waals surface area contributed by atoms with Gasteiger partial charge in [-0.15, -0.1) is 0 Å². The monoisotopic (exact) mass is 488 g/mol. The molecule has 4 rings (SSSR count). The number of halogens is 1. The standard InChI is InChI=1S/C24H25FN2O6S/c1-16(28)33-20-11-9-18(10-12-20)26-23(29)15-22(24(26)30)27(19-5-3-2-4-6-19)34(31,32)21-13-7-17(25)8-14-21/h7-14,19,22H,2-6,15H2,1H3. The second kappa shape index (κ2) is 9.63. The van der Waals surface area contributed by atoms with E-state index in [1.807, 2.05) is 0 Å². The molecule has 2 fully saturated rings. The van der Waals surface area contributed by atoms with Gasteiger partial charge >= 0.3 is 5.97 Å². The molecule has 1 unspecified atom stereocenters. The molecule has 0 aromatic heterocycles. The van der Waals surface area contributed by atoms with E-state index in [0.29, 0.717) is 12.8 Å². The van der Waals surface area contributed by atoms with E-state index in [4.69, 9.17) is 4.74 Å². The van der Waals surface area contributed by atoms with E-state index >= 15 is 0 Å². The van der Waals surface area contributed by atoms with Gasteiger partial charge in [-0.3, -0.25) is 14.4 Å². The van der Waals surface area contributed by atoms with Crippen LogP contribution in [0.2, 0.25) is 0 Å². The number of rotatable bonds is 6. The van der Waals surface area contributed by atoms with Gasteiger partial charge in [0.05, 0.1) is 17.0 Å². The van der Waals surface area contributed by atoms with E-state index < -0.39 is 45.7 Å². The van der Waals surface area contributed by atoms with Gasteiger partial charge in [-0.1, -0.05) is 19.3 Å². The van der Waals surface area contributed by atoms with Crippen molar-refractivity contribution in [1.29, 1.82) is 0 Å². The Bertz CT molecular complexity index is 1190. The van der Waals surface area contributed by atoms with Gasteiger partial charge in [0, 0.05) is 13.0 Å². The number of hydrogen-bond acceptors (Lipinski definition) is 6. The summed E-state index contributed by atoms with van der Waals surface area (Å²) in [4.78, 5) is 38.3. The molecule has 34 heavy (non-hydrogen) atoms. The van der Waals surface area contributed by atoms with Crippen LogP contribution >= 0.6 is 0 Å². The largest absolute Gasteiger partial charge is 0.427 e. The van der Waals surface area contributed by atoms with Crippen LogP contribution in [0.5, 0.6) is 5.75 Å². The molecule has 1 saturated heterocycles. The molecule has 10 heteroatoms. The van der Waals surface area contributed by atoms with Crippen molar-refractivity contribution in [3.05, 3.63) is 54.3 Å². The Labute approximate surface area is 197 Å². The van der Waals surface area contributed by atoms with Crippen LogP contribution in [0.1, 0.15) is 45.4 Å². The van der Waals surface area contributed by atoms with Crippen LogP contribution in [-0.2, 0) is 24.4 Å². The predicted molar refractivity (Wildman–Crippen MR) is 121 cm³/mol. The van der Waals surface area contributed by atoms with Crippen molar-refractivity contribution in [1.82, 2.24) is 4.31 Å². The van der Waals surface area contributed by atoms with E-state index in [0.717, 1.165) is 36.3 Å². The smallest absolute Gasteiger partial charge is 0.308 e. The first-order chi connectivity index (χ1) is 16.2. The van der Waals surface area contributed by atoms with Crippen molar-refractivity contribution < 1.29 is 31.9 Å². The van der Waals surface area contributed by atoms with Crippen molar-refractivity contribution in [3.8, 4) is 5.75 Å². The van der Waals surface area contributed by atoms with Gasteiger partial charge in [0.25, 0.3) is 5.91 Å². The molecular formula is C24H25FN2O6S. The first kappa shape index (κ1) is 24.0. The normalized spacial score (nSPS) is 19.6. The zero-order chi connectivity index (χ0) is 24.5. The molecule has 0 N–H and O–H groups in total. The zero-order valence-electron chi connectivity index (χ0n) is 18.6. The van der Waals surface area contributed by atoms with Crippen molar-refractivity contribution in [2.75, 3.05) is 4.90 Å². The van der Waals surface area contributed by atoms with Gasteiger partial charge in [0.15, 0.2) is 0 Å². The lowest BCUT2D eigenvalue weighted by Crippen LogP contribution is -2.51. The molecule has 8 nitrogen and oxygen atoms in total. The lowest BCUT2D eigenvalue weighted by Gasteiger charge is -2.36. The minimum absolute atomic E-state index is 0.121. The third-order valence-electron chi connectivity index (χ3n) is 6.11. The van der Waals surface area contributed by atoms with Gasteiger partial charge in [-0.05, 0) is 61.4 Å². The third-order valence-corrected chi connectivity index (χ3v) is 8.09. The number of esters is 1. The first-order valence-corrected chi connectivity index (χ1v) is 12.6. The number of amides is 2. The topological polar surface area (TPSA) is 101 Å². The van der Waals surface area contributed by atoms with Crippen LogP contribution < -0.4 is 9.64 Å². The molecular weight excluding hydrogens is 463 g/mol. The van der Waals surface area contributed by atoms with E-state index in [2.05, 4.69) is 0 Å². The predicted octanol–water partition coefficient (Wildman–Crippen LogP) is 3.41. The number of ether oxygens (including phenoxy) is 1. The SMILES string of the molecule is CC(=O)Oc1ccc(N2C(=O)CC(N(C3CCCCC3)S(=O)(=O)c3ccc(F)cc3)C2=O)cc1. The Morgan fingerprint density at radius 3 is 2.21 bits per heavy atom. The number of carbonyl (C=O) groups is 3. The highest BCUT2D eigenvalue weighted by Crippen LogP contribution is 2.35. The minimum Gasteiger partial charge on any atom is -0.427 e. The number of imide groups is 1. The second-order valence-electron chi connectivity index (χ2n) is 8.46. The Kier molecular flexibility index (Phi) is 6.81. The summed E-state index contributed by atoms with van der Waals surface area (Å²) < 4.78 is 46.9. The van der Waals surface area contributed by atoms with Crippen molar-refractivity contribution >= 4 is 33.5 Å². The molecule has 1 aliphatic carbocycles. The Morgan fingerprint density at radius 2 is 1.62 bits per heavy atom. The van der Waals surface area contributed by atoms with E-state index in [9.17, 15) is 27.2 Å². The molecule has 2 aromatic carbocycles. The maximum Gasteiger partial charge on any atom is 0.308 e. The molecule has 2 aliphatic rings. The molecule has 0 radical (unpaired) electrons. The molecule has 1 heterocycles. The van der Waals surface area contributed by atoms with Crippen LogP contribution in [0.25, 0.3) is 0 Å². The summed E-state index contributed by atoms with van der Waals surface area (Å²) in [5.41, 5.74) is 0.260. The van der Waals surface area contributed by atoms with E-state index in [1.165, 1.54) is 47.6 Å². The van der Waals surface area contributed by atoms with Crippen molar-refractivity contribution in [2.24, 2.45) is 0 Å². The maximum absolute atomic E-state index is 13.6. The highest BCUT2D eigenvalue weighted by molar-refractivity contribution is 7.89. The van der Waals surface area contributed by atoms with Crippen molar-refractivity contribution in [2.45, 2.75) is 62.4 Å². The van der Waals surface area contributed by atoms with Crippen LogP contribution in [0.15, 0.2) is 53.4 Å². The molecule has 0 spiro atoms. The summed E-state index contributed by atoms with van der Waals surface area (Å²) in [5.74, 6) is -1.98. The Morgan fingerprint density at radius 1 is 1.00 bits per heavy atom. The molecule has 0 bridgehead atoms. The summed E-state index contributed by atoms with van der Waals surface area (Å²) >= 11 is 0. The van der Waals surface area contributed by atoms with Gasteiger partial charge in [-0.25, -0.2) is 17.7 Å². The summed E-state index contributed by atoms with van der Waals surface area (Å²) in [6.07, 6.45) is 3.47. The van der Waals surface area contributed by atoms with Crippen molar-refractivity contribution in [3.63, 3.8) is 0 Å². The third kappa shape index (κ3) is 4.74. The summed E-state index contributed by atoms with van der Waals surface area (Å²) in [5, 5.41) is 0. The van der Waals surface area contributed by atoms with Gasteiger partial charge in [0.1, 0.15) is 17.6 Å². The number of hydrogen-bond donors (Lipinski definition) is 0. The molecule has 1 atom stereocenters. The van der Waals surface area contributed by atoms with Crippen LogP contribution in [0.4, 0.5) is 10.1 Å². The zero-order valence-corrected chi connectivity index (χ0v) is 19.5.